The molecular weight excluding hydrogens is 657 g/mol. The first kappa shape index (κ1) is 35.3. The van der Waals surface area contributed by atoms with Gasteiger partial charge in [-0.25, -0.2) is 13.0 Å². The third kappa shape index (κ3) is 10.7. The maximum atomic E-state index is 13.1. The lowest BCUT2D eigenvalue weighted by Crippen LogP contribution is -2.72. The number of nitriles is 1. The van der Waals surface area contributed by atoms with Crippen molar-refractivity contribution >= 4 is 51.3 Å². The van der Waals surface area contributed by atoms with Crippen LogP contribution in [0.3, 0.4) is 0 Å². The van der Waals surface area contributed by atoms with Crippen LogP contribution in [0, 0.1) is 11.3 Å². The molecule has 2 aromatic carbocycles. The lowest BCUT2D eigenvalue weighted by Gasteiger charge is -2.16. The van der Waals surface area contributed by atoms with Gasteiger partial charge in [0.1, 0.15) is 41.1 Å². The molecule has 0 amide bonds. The average molecular weight is 677 g/mol. The van der Waals surface area contributed by atoms with E-state index in [0.29, 0.717) is 35.1 Å². The van der Waals surface area contributed by atoms with Crippen LogP contribution >= 0.6 is 18.9 Å². The van der Waals surface area contributed by atoms with Gasteiger partial charge in [-0.15, -0.1) is 11.3 Å². The number of nitrogens with zero attached hydrogens (tertiary/aromatic N) is 1. The summed E-state index contributed by atoms with van der Waals surface area (Å²) < 4.78 is 121. The molecule has 0 aliphatic carbocycles. The van der Waals surface area contributed by atoms with Gasteiger partial charge in [-0.2, -0.15) is 36.3 Å². The number of fused-ring (bicyclic) bond motifs is 1. The number of carboxylic acid groups (broad SMARTS) is 1. The van der Waals surface area contributed by atoms with E-state index >= 15 is 0 Å². The molecule has 0 radical (unpaired) electrons. The number of carbonyl (C=O) groups excluding carboxylic acids is 1. The van der Waals surface area contributed by atoms with E-state index in [1.165, 1.54) is 18.5 Å². The molecule has 1 aromatic heterocycles. The predicted molar refractivity (Wildman–Crippen MR) is 136 cm³/mol. The topological polar surface area (TPSA) is 206 Å². The SMILES string of the molecule is N#Cc1ccc(OP(=O)(O)CNS(=O)(=O)c2cc3cc(OCC[NH+]=CN)ccc3s2)cc1C(F)(F)F.O=C([O-])C(F)(F)F. The highest BCUT2D eigenvalue weighted by molar-refractivity contribution is 7.92. The summed E-state index contributed by atoms with van der Waals surface area (Å²) in [6, 6.07) is 9.73. The first-order valence-corrected chi connectivity index (χ1v) is 15.2. The van der Waals surface area contributed by atoms with Gasteiger partial charge in [-0.3, -0.25) is 10.7 Å². The molecular formula is C22H19F6N4O8PS2. The third-order valence-corrected chi connectivity index (χ3v) is 8.97. The van der Waals surface area contributed by atoms with Crippen molar-refractivity contribution < 1.29 is 68.4 Å². The molecule has 234 valence electrons. The van der Waals surface area contributed by atoms with E-state index in [9.17, 15) is 44.2 Å². The zero-order valence-electron chi connectivity index (χ0n) is 21.1. The van der Waals surface area contributed by atoms with Gasteiger partial charge in [0.2, 0.25) is 6.34 Å². The highest BCUT2D eigenvalue weighted by atomic mass is 32.2. The summed E-state index contributed by atoms with van der Waals surface area (Å²) in [5, 5.41) is 18.2. The summed E-state index contributed by atoms with van der Waals surface area (Å²) in [5.74, 6) is -3.17. The summed E-state index contributed by atoms with van der Waals surface area (Å²) in [6.45, 7) is 0.774. The lowest BCUT2D eigenvalue weighted by atomic mass is 10.1. The maximum absolute atomic E-state index is 13.1. The van der Waals surface area contributed by atoms with Gasteiger partial charge < -0.3 is 24.1 Å². The Kier molecular flexibility index (Phi) is 11.5. The second-order valence-electron chi connectivity index (χ2n) is 7.87. The standard InChI is InChI=1S/C20H18F3N4O6PS2.C2HF3O2/c21-20(22,23)17-9-16(2-1-13(17)10-24)33-34(28,29)12-27-36(30,31)19-8-14-7-15(3-4-18(14)35-19)32-6-5-26-11-25;3-2(4,5)1(6)7/h1-4,7-9,11,27H,5-6,12H2,(H2,25,26)(H,28,29);(H,6,7). The zero-order chi connectivity index (χ0) is 32.6. The Morgan fingerprint density at radius 3 is 2.35 bits per heavy atom. The number of aliphatic carboxylic acids is 1. The van der Waals surface area contributed by atoms with Crippen molar-refractivity contribution in [2.24, 2.45) is 5.73 Å². The maximum Gasteiger partial charge on any atom is 0.430 e. The highest BCUT2D eigenvalue weighted by Gasteiger charge is 2.35. The number of nitrogens with two attached hydrogens (primary N) is 1. The molecule has 0 fully saturated rings. The van der Waals surface area contributed by atoms with E-state index in [2.05, 4.69) is 4.99 Å². The number of nitrogens with one attached hydrogen (secondary N) is 2. The van der Waals surface area contributed by atoms with Gasteiger partial charge in [0.05, 0.1) is 17.2 Å². The van der Waals surface area contributed by atoms with Crippen LogP contribution in [0.1, 0.15) is 11.1 Å². The minimum atomic E-state index is -5.19. The molecule has 3 aromatic rings. The van der Waals surface area contributed by atoms with Gasteiger partial charge >= 0.3 is 19.9 Å². The summed E-state index contributed by atoms with van der Waals surface area (Å²) >= 11 is 0.901. The van der Waals surface area contributed by atoms with Gasteiger partial charge in [0, 0.05) is 4.70 Å². The van der Waals surface area contributed by atoms with Gasteiger partial charge in [-0.05, 0) is 47.9 Å². The van der Waals surface area contributed by atoms with Crippen molar-refractivity contribution in [3.05, 3.63) is 53.6 Å². The van der Waals surface area contributed by atoms with Crippen LogP contribution in [0.4, 0.5) is 26.3 Å². The Labute approximate surface area is 242 Å². The molecule has 1 unspecified atom stereocenters. The number of hydrogen-bond donors (Lipinski definition) is 4. The van der Waals surface area contributed by atoms with Crippen LogP contribution in [0.15, 0.2) is 46.7 Å². The number of thiophene rings is 1. The predicted octanol–water partition coefficient (Wildman–Crippen LogP) is 1.04. The van der Waals surface area contributed by atoms with E-state index in [1.54, 1.807) is 18.2 Å². The Bertz CT molecular complexity index is 1690. The summed E-state index contributed by atoms with van der Waals surface area (Å²) in [4.78, 5) is 21.6. The number of ether oxygens (including phenoxy) is 1. The first-order chi connectivity index (χ1) is 19.8. The second-order valence-corrected chi connectivity index (χ2v) is 12.7. The minimum Gasteiger partial charge on any atom is -0.542 e. The summed E-state index contributed by atoms with van der Waals surface area (Å²) in [6.07, 6.45) is -9.93. The third-order valence-electron chi connectivity index (χ3n) is 4.71. The molecule has 12 nitrogen and oxygen atoms in total. The van der Waals surface area contributed by atoms with Gasteiger partial charge in [-0.1, -0.05) is 0 Å². The van der Waals surface area contributed by atoms with E-state index in [0.717, 1.165) is 23.5 Å². The quantitative estimate of drug-likeness (QED) is 0.0789. The fraction of sp³-hybridized carbons (Fsp3) is 0.227. The van der Waals surface area contributed by atoms with E-state index in [-0.39, 0.29) is 4.21 Å². The van der Waals surface area contributed by atoms with Crippen LogP contribution < -0.4 is 29.8 Å². The number of carbonyl (C=O) groups is 1. The Morgan fingerprint density at radius 1 is 1.16 bits per heavy atom. The van der Waals surface area contributed by atoms with Crippen LogP contribution in [0.25, 0.3) is 10.1 Å². The molecule has 0 saturated heterocycles. The number of sulfonamides is 1. The van der Waals surface area contributed by atoms with E-state index < -0.39 is 59.1 Å². The number of hydrogen-bond acceptors (Lipinski definition) is 9. The lowest BCUT2D eigenvalue weighted by molar-refractivity contribution is -0.454. The van der Waals surface area contributed by atoms with Crippen molar-refractivity contribution in [1.29, 1.82) is 5.26 Å². The molecule has 0 saturated carbocycles. The number of halogens is 6. The van der Waals surface area contributed by atoms with Crippen LogP contribution in [0.2, 0.25) is 0 Å². The molecule has 5 N–H and O–H groups in total. The van der Waals surface area contributed by atoms with Crippen LogP contribution in [0.5, 0.6) is 11.5 Å². The largest absolute Gasteiger partial charge is 0.542 e. The first-order valence-electron chi connectivity index (χ1n) is 11.1. The van der Waals surface area contributed by atoms with Crippen molar-refractivity contribution in [2.75, 3.05) is 19.4 Å². The highest BCUT2D eigenvalue weighted by Crippen LogP contribution is 2.44. The molecule has 0 aliphatic heterocycles. The zero-order valence-corrected chi connectivity index (χ0v) is 23.6. The van der Waals surface area contributed by atoms with Gasteiger partial charge in [0.15, 0.2) is 0 Å². The van der Waals surface area contributed by atoms with Crippen molar-refractivity contribution in [3.8, 4) is 17.6 Å². The molecule has 0 spiro atoms. The molecule has 43 heavy (non-hydrogen) atoms. The van der Waals surface area contributed by atoms with Crippen molar-refractivity contribution in [3.63, 3.8) is 0 Å². The normalized spacial score (nSPS) is 13.5. The number of rotatable bonds is 10. The monoisotopic (exact) mass is 676 g/mol. The van der Waals surface area contributed by atoms with Crippen LogP contribution in [-0.2, 0) is 25.6 Å². The Balaban J connectivity index is 0.000000821. The van der Waals surface area contributed by atoms with Crippen molar-refractivity contribution in [1.82, 2.24) is 4.72 Å². The van der Waals surface area contributed by atoms with E-state index in [4.69, 9.17) is 30.2 Å². The number of benzene rings is 2. The molecule has 3 rings (SSSR count). The summed E-state index contributed by atoms with van der Waals surface area (Å²) in [5.41, 5.74) is 3.14. The van der Waals surface area contributed by atoms with Crippen LogP contribution in [-0.4, -0.2) is 51.2 Å². The smallest absolute Gasteiger partial charge is 0.430 e. The minimum absolute atomic E-state index is 0.160. The summed E-state index contributed by atoms with van der Waals surface area (Å²) in [7, 11) is -9.02. The van der Waals surface area contributed by atoms with Crippen molar-refractivity contribution in [2.45, 2.75) is 16.6 Å². The molecule has 21 heteroatoms. The molecule has 0 aliphatic rings. The number of carboxylic acids is 1. The fourth-order valence-corrected chi connectivity index (χ4v) is 6.80. The fourth-order valence-electron chi connectivity index (χ4n) is 2.88. The van der Waals surface area contributed by atoms with E-state index in [1.807, 2.05) is 4.72 Å². The molecule has 1 heterocycles. The molecule has 1 atom stereocenters. The van der Waals surface area contributed by atoms with Gasteiger partial charge in [0.25, 0.3) is 10.0 Å². The number of alkyl halides is 6. The average Bonchev–Trinajstić information content (AvgIpc) is 3.34. The molecule has 0 bridgehead atoms. The second kappa shape index (κ2) is 14.1. The Morgan fingerprint density at radius 2 is 1.79 bits per heavy atom. The Hall–Kier alpha value is -3.89.